The maximum atomic E-state index is 12.2. The lowest BCUT2D eigenvalue weighted by Crippen LogP contribution is -2.18. The van der Waals surface area contributed by atoms with Gasteiger partial charge < -0.3 is 5.32 Å². The second kappa shape index (κ2) is 8.52. The molecule has 2 aromatic carbocycles. The van der Waals surface area contributed by atoms with E-state index in [2.05, 4.69) is 20.3 Å². The Morgan fingerprint density at radius 1 is 1.07 bits per heavy atom. The summed E-state index contributed by atoms with van der Waals surface area (Å²) in [5, 5.41) is 5.83. The van der Waals surface area contributed by atoms with Crippen LogP contribution in [0.5, 0.6) is 0 Å². The number of anilines is 2. The van der Waals surface area contributed by atoms with Gasteiger partial charge in [0.15, 0.2) is 5.13 Å². The fourth-order valence-electron chi connectivity index (χ4n) is 2.45. The molecule has 1 aromatic heterocycles. The summed E-state index contributed by atoms with van der Waals surface area (Å²) in [6.07, 6.45) is 2.92. The molecule has 0 bridgehead atoms. The highest BCUT2D eigenvalue weighted by Crippen LogP contribution is 2.28. The monoisotopic (exact) mass is 430 g/mol. The van der Waals surface area contributed by atoms with Crippen molar-refractivity contribution in [3.63, 3.8) is 0 Å². The summed E-state index contributed by atoms with van der Waals surface area (Å²) < 4.78 is 26.5. The summed E-state index contributed by atoms with van der Waals surface area (Å²) in [5.41, 5.74) is 2.05. The minimum absolute atomic E-state index is 0.148. The second-order valence-electron chi connectivity index (χ2n) is 5.98. The van der Waals surface area contributed by atoms with Crippen LogP contribution in [0.25, 0.3) is 16.3 Å². The molecule has 10 heteroatoms. The smallest absolute Gasteiger partial charge is 0.250 e. The molecule has 0 atom stereocenters. The Labute approximate surface area is 171 Å². The van der Waals surface area contributed by atoms with Crippen molar-refractivity contribution in [3.05, 3.63) is 54.1 Å². The molecule has 0 unspecified atom stereocenters. The van der Waals surface area contributed by atoms with E-state index in [1.165, 1.54) is 43.5 Å². The largest absolute Gasteiger partial charge is 0.326 e. The number of carbonyl (C=O) groups excluding carboxylic acids is 2. The highest BCUT2D eigenvalue weighted by atomic mass is 32.2. The van der Waals surface area contributed by atoms with E-state index in [0.29, 0.717) is 21.9 Å². The Hall–Kier alpha value is -3.08. The van der Waals surface area contributed by atoms with E-state index in [0.717, 1.165) is 4.70 Å². The van der Waals surface area contributed by atoms with E-state index < -0.39 is 10.0 Å². The molecular weight excluding hydrogens is 412 g/mol. The number of thiazole rings is 1. The number of hydrogen-bond acceptors (Lipinski definition) is 6. The summed E-state index contributed by atoms with van der Waals surface area (Å²) in [6, 6.07) is 11.4. The number of rotatable bonds is 6. The molecule has 0 aliphatic rings. The van der Waals surface area contributed by atoms with Crippen molar-refractivity contribution in [2.75, 3.05) is 17.7 Å². The zero-order valence-electron chi connectivity index (χ0n) is 15.6. The van der Waals surface area contributed by atoms with Crippen molar-refractivity contribution in [2.45, 2.75) is 11.8 Å². The molecule has 0 saturated heterocycles. The zero-order chi connectivity index (χ0) is 21.0. The quantitative estimate of drug-likeness (QED) is 0.520. The van der Waals surface area contributed by atoms with Gasteiger partial charge in [-0.1, -0.05) is 23.5 Å². The number of aromatic nitrogens is 1. The number of fused-ring (bicyclic) bond motifs is 1. The SMILES string of the molecule is CNS(=O)(=O)c1ccc(/C=C/C(=O)Nc2nc3ccc(NC(C)=O)cc3s2)cc1. The van der Waals surface area contributed by atoms with Crippen molar-refractivity contribution in [1.82, 2.24) is 9.71 Å². The van der Waals surface area contributed by atoms with E-state index in [1.54, 1.807) is 36.4 Å². The van der Waals surface area contributed by atoms with Gasteiger partial charge in [-0.2, -0.15) is 0 Å². The predicted molar refractivity (Wildman–Crippen MR) is 114 cm³/mol. The van der Waals surface area contributed by atoms with Gasteiger partial charge in [-0.3, -0.25) is 14.9 Å². The first kappa shape index (κ1) is 20.6. The molecule has 3 N–H and O–H groups in total. The molecule has 8 nitrogen and oxygen atoms in total. The van der Waals surface area contributed by atoms with Crippen molar-refractivity contribution in [3.8, 4) is 0 Å². The lowest BCUT2D eigenvalue weighted by atomic mass is 10.2. The maximum Gasteiger partial charge on any atom is 0.250 e. The van der Waals surface area contributed by atoms with Crippen molar-refractivity contribution in [2.24, 2.45) is 0 Å². The van der Waals surface area contributed by atoms with E-state index in [4.69, 9.17) is 0 Å². The first-order chi connectivity index (χ1) is 13.8. The number of nitrogens with one attached hydrogen (secondary N) is 3. The van der Waals surface area contributed by atoms with E-state index in [1.807, 2.05) is 0 Å². The van der Waals surface area contributed by atoms with Gasteiger partial charge in [0.1, 0.15) is 0 Å². The summed E-state index contributed by atoms with van der Waals surface area (Å²) in [4.78, 5) is 27.8. The van der Waals surface area contributed by atoms with Crippen molar-refractivity contribution in [1.29, 1.82) is 0 Å². The highest BCUT2D eigenvalue weighted by molar-refractivity contribution is 7.89. The first-order valence-corrected chi connectivity index (χ1v) is 10.8. The van der Waals surface area contributed by atoms with Crippen LogP contribution < -0.4 is 15.4 Å². The number of benzene rings is 2. The standard InChI is InChI=1S/C19H18N4O4S2/c1-12(24)21-14-6-9-16-17(11-14)28-19(22-16)23-18(25)10-5-13-3-7-15(8-4-13)29(26,27)20-2/h3-11,20H,1-2H3,(H,21,24)(H,22,23,25)/b10-5+. The van der Waals surface area contributed by atoms with Gasteiger partial charge in [-0.05, 0) is 49.0 Å². The molecule has 0 fully saturated rings. The van der Waals surface area contributed by atoms with Gasteiger partial charge in [0, 0.05) is 18.7 Å². The molecule has 0 aliphatic carbocycles. The molecule has 29 heavy (non-hydrogen) atoms. The van der Waals surface area contributed by atoms with Crippen LogP contribution in [0.3, 0.4) is 0 Å². The third-order valence-corrected chi connectivity index (χ3v) is 6.19. The van der Waals surface area contributed by atoms with Gasteiger partial charge >= 0.3 is 0 Å². The van der Waals surface area contributed by atoms with Crippen LogP contribution in [0.15, 0.2) is 53.4 Å². The van der Waals surface area contributed by atoms with Gasteiger partial charge in [0.05, 0.1) is 15.1 Å². The fourth-order valence-corrected chi connectivity index (χ4v) is 4.09. The van der Waals surface area contributed by atoms with Crippen molar-refractivity contribution < 1.29 is 18.0 Å². The van der Waals surface area contributed by atoms with E-state index in [9.17, 15) is 18.0 Å². The summed E-state index contributed by atoms with van der Waals surface area (Å²) in [5.74, 6) is -0.526. The number of nitrogens with zero attached hydrogens (tertiary/aromatic N) is 1. The number of hydrogen-bond donors (Lipinski definition) is 3. The van der Waals surface area contributed by atoms with Crippen molar-refractivity contribution >= 4 is 60.3 Å². The third kappa shape index (κ3) is 5.25. The minimum atomic E-state index is -3.49. The lowest BCUT2D eigenvalue weighted by molar-refractivity contribution is -0.114. The Morgan fingerprint density at radius 2 is 1.79 bits per heavy atom. The molecule has 0 aliphatic heterocycles. The van der Waals surface area contributed by atoms with Gasteiger partial charge in [0.2, 0.25) is 21.8 Å². The molecule has 2 amide bonds. The van der Waals surface area contributed by atoms with E-state index >= 15 is 0 Å². The van der Waals surface area contributed by atoms with Gasteiger partial charge in [-0.15, -0.1) is 0 Å². The van der Waals surface area contributed by atoms with E-state index in [-0.39, 0.29) is 16.7 Å². The number of sulfonamides is 1. The number of amides is 2. The van der Waals surface area contributed by atoms with Crippen LogP contribution in [-0.2, 0) is 19.6 Å². The molecule has 150 valence electrons. The van der Waals surface area contributed by atoms with Crippen LogP contribution in [0.2, 0.25) is 0 Å². The third-order valence-electron chi connectivity index (χ3n) is 3.83. The topological polar surface area (TPSA) is 117 Å². The zero-order valence-corrected chi connectivity index (χ0v) is 17.2. The Bertz CT molecular complexity index is 1200. The summed E-state index contributed by atoms with van der Waals surface area (Å²) in [6.45, 7) is 1.43. The molecule has 0 spiro atoms. The minimum Gasteiger partial charge on any atom is -0.326 e. The average Bonchev–Trinajstić information content (AvgIpc) is 3.07. The first-order valence-electron chi connectivity index (χ1n) is 8.48. The molecule has 1 heterocycles. The molecule has 3 rings (SSSR count). The van der Waals surface area contributed by atoms with Gasteiger partial charge in [0.25, 0.3) is 0 Å². The predicted octanol–water partition coefficient (Wildman–Crippen LogP) is 2.81. The molecular formula is C19H18N4O4S2. The second-order valence-corrected chi connectivity index (χ2v) is 8.90. The normalized spacial score (nSPS) is 11.7. The van der Waals surface area contributed by atoms with Gasteiger partial charge in [-0.25, -0.2) is 18.1 Å². The molecule has 0 saturated carbocycles. The highest BCUT2D eigenvalue weighted by Gasteiger charge is 2.10. The molecule has 0 radical (unpaired) electrons. The average molecular weight is 431 g/mol. The summed E-state index contributed by atoms with van der Waals surface area (Å²) >= 11 is 1.29. The fraction of sp³-hybridized carbons (Fsp3) is 0.105. The lowest BCUT2D eigenvalue weighted by Gasteiger charge is -2.02. The van der Waals surface area contributed by atoms with Crippen LogP contribution >= 0.6 is 11.3 Å². The van der Waals surface area contributed by atoms with Crippen LogP contribution in [0.1, 0.15) is 12.5 Å². The maximum absolute atomic E-state index is 12.2. The Kier molecular flexibility index (Phi) is 6.06. The number of carbonyl (C=O) groups is 2. The van der Waals surface area contributed by atoms with Crippen LogP contribution in [-0.4, -0.2) is 32.3 Å². The van der Waals surface area contributed by atoms with Crippen LogP contribution in [0.4, 0.5) is 10.8 Å². The Balaban J connectivity index is 1.68. The summed E-state index contributed by atoms with van der Waals surface area (Å²) in [7, 11) is -2.15. The van der Waals surface area contributed by atoms with Crippen LogP contribution in [0, 0.1) is 0 Å². The Morgan fingerprint density at radius 3 is 2.45 bits per heavy atom. The molecule has 3 aromatic rings.